The molecule has 0 spiro atoms. The molecular formula is C22H22FN5O. The van der Waals surface area contributed by atoms with Crippen LogP contribution in [0.4, 0.5) is 4.39 Å². The SMILES string of the molecule is CN(Cc1ccccc1F)C1CC1.O=Cc1cc2ccc(-c3cn[nH]c3)nc2[nH]1. The number of carbonyl (C=O) groups excluding carboxylic acids is 1. The van der Waals surface area contributed by atoms with E-state index >= 15 is 0 Å². The Kier molecular flexibility index (Phi) is 5.48. The highest BCUT2D eigenvalue weighted by molar-refractivity contribution is 5.86. The predicted molar refractivity (Wildman–Crippen MR) is 110 cm³/mol. The van der Waals surface area contributed by atoms with Crippen molar-refractivity contribution < 1.29 is 9.18 Å². The first-order chi connectivity index (χ1) is 14.1. The molecule has 1 aliphatic carbocycles. The number of fused-ring (bicyclic) bond motifs is 1. The Labute approximate surface area is 167 Å². The Balaban J connectivity index is 0.000000145. The highest BCUT2D eigenvalue weighted by Crippen LogP contribution is 2.27. The van der Waals surface area contributed by atoms with Crippen LogP contribution in [-0.4, -0.2) is 44.4 Å². The van der Waals surface area contributed by atoms with Gasteiger partial charge in [0.2, 0.25) is 0 Å². The van der Waals surface area contributed by atoms with Gasteiger partial charge in [0.15, 0.2) is 6.29 Å². The second-order valence-corrected chi connectivity index (χ2v) is 7.20. The number of nitrogens with zero attached hydrogens (tertiary/aromatic N) is 3. The van der Waals surface area contributed by atoms with Crippen molar-refractivity contribution in [1.29, 1.82) is 0 Å². The molecule has 148 valence electrons. The lowest BCUT2D eigenvalue weighted by molar-refractivity contribution is 0.111. The Bertz CT molecular complexity index is 1100. The molecule has 6 nitrogen and oxygen atoms in total. The van der Waals surface area contributed by atoms with E-state index in [0.717, 1.165) is 35.0 Å². The fourth-order valence-corrected chi connectivity index (χ4v) is 3.18. The van der Waals surface area contributed by atoms with E-state index in [4.69, 9.17) is 0 Å². The fraction of sp³-hybridized carbons (Fsp3) is 0.227. The van der Waals surface area contributed by atoms with Crippen molar-refractivity contribution in [3.05, 3.63) is 71.9 Å². The van der Waals surface area contributed by atoms with Crippen LogP contribution in [0.5, 0.6) is 0 Å². The molecule has 0 bridgehead atoms. The normalized spacial score (nSPS) is 13.3. The summed E-state index contributed by atoms with van der Waals surface area (Å²) in [5.41, 5.74) is 3.79. The van der Waals surface area contributed by atoms with Crippen molar-refractivity contribution in [2.45, 2.75) is 25.4 Å². The van der Waals surface area contributed by atoms with Gasteiger partial charge in [-0.25, -0.2) is 9.37 Å². The maximum Gasteiger partial charge on any atom is 0.166 e. The van der Waals surface area contributed by atoms with Gasteiger partial charge in [-0.15, -0.1) is 0 Å². The van der Waals surface area contributed by atoms with Crippen LogP contribution < -0.4 is 0 Å². The zero-order valence-electron chi connectivity index (χ0n) is 16.1. The van der Waals surface area contributed by atoms with E-state index in [0.29, 0.717) is 17.4 Å². The number of aromatic nitrogens is 4. The van der Waals surface area contributed by atoms with E-state index in [9.17, 15) is 9.18 Å². The minimum Gasteiger partial charge on any atom is -0.337 e. The Morgan fingerprint density at radius 2 is 2.07 bits per heavy atom. The van der Waals surface area contributed by atoms with Crippen LogP contribution in [0.2, 0.25) is 0 Å². The van der Waals surface area contributed by atoms with Crippen molar-refractivity contribution in [2.75, 3.05) is 7.05 Å². The molecule has 1 saturated carbocycles. The summed E-state index contributed by atoms with van der Waals surface area (Å²) >= 11 is 0. The van der Waals surface area contributed by atoms with Crippen molar-refractivity contribution in [3.8, 4) is 11.3 Å². The molecule has 0 atom stereocenters. The lowest BCUT2D eigenvalue weighted by atomic mass is 10.2. The van der Waals surface area contributed by atoms with Gasteiger partial charge in [-0.2, -0.15) is 5.10 Å². The summed E-state index contributed by atoms with van der Waals surface area (Å²) in [6.07, 6.45) is 6.80. The third-order valence-corrected chi connectivity index (χ3v) is 4.97. The van der Waals surface area contributed by atoms with Gasteiger partial charge in [-0.05, 0) is 44.2 Å². The first-order valence-corrected chi connectivity index (χ1v) is 9.52. The van der Waals surface area contributed by atoms with Crippen LogP contribution in [-0.2, 0) is 6.54 Å². The lowest BCUT2D eigenvalue weighted by Crippen LogP contribution is -2.20. The first kappa shape index (κ1) is 19.0. The van der Waals surface area contributed by atoms with Gasteiger partial charge >= 0.3 is 0 Å². The van der Waals surface area contributed by atoms with Gasteiger partial charge in [0.05, 0.1) is 17.6 Å². The Morgan fingerprint density at radius 1 is 1.24 bits per heavy atom. The molecule has 1 fully saturated rings. The van der Waals surface area contributed by atoms with Crippen molar-refractivity contribution in [1.82, 2.24) is 25.1 Å². The molecule has 0 saturated heterocycles. The highest BCUT2D eigenvalue weighted by Gasteiger charge is 2.26. The summed E-state index contributed by atoms with van der Waals surface area (Å²) in [5, 5.41) is 7.53. The summed E-state index contributed by atoms with van der Waals surface area (Å²) in [6, 6.07) is 13.3. The van der Waals surface area contributed by atoms with Crippen molar-refractivity contribution >= 4 is 17.3 Å². The molecular weight excluding hydrogens is 369 g/mol. The molecule has 7 heteroatoms. The van der Waals surface area contributed by atoms with Gasteiger partial charge in [0, 0.05) is 35.3 Å². The minimum atomic E-state index is -0.0880. The summed E-state index contributed by atoms with van der Waals surface area (Å²) in [4.78, 5) is 20.2. The topological polar surface area (TPSA) is 77.7 Å². The number of benzene rings is 1. The largest absolute Gasteiger partial charge is 0.337 e. The van der Waals surface area contributed by atoms with E-state index in [1.165, 1.54) is 18.9 Å². The van der Waals surface area contributed by atoms with Crippen LogP contribution >= 0.6 is 0 Å². The predicted octanol–water partition coefficient (Wildman–Crippen LogP) is 4.19. The third kappa shape index (κ3) is 4.57. The van der Waals surface area contributed by atoms with Crippen molar-refractivity contribution in [2.24, 2.45) is 0 Å². The molecule has 2 N–H and O–H groups in total. The standard InChI is InChI=1S/C11H14FN.C11H8N4O/c1-13(10-6-7-10)8-9-4-2-3-5-11(9)12;16-6-9-3-7-1-2-10(15-11(7)14-9)8-4-12-13-5-8/h2-5,10H,6-8H2,1H3;1-6H,(H,12,13)(H,14,15). The van der Waals surface area contributed by atoms with Crippen LogP contribution in [0, 0.1) is 5.82 Å². The molecule has 0 amide bonds. The third-order valence-electron chi connectivity index (χ3n) is 4.97. The number of hydrogen-bond donors (Lipinski definition) is 2. The zero-order chi connectivity index (χ0) is 20.2. The lowest BCUT2D eigenvalue weighted by Gasteiger charge is -2.15. The molecule has 29 heavy (non-hydrogen) atoms. The number of H-pyrrole nitrogens is 2. The summed E-state index contributed by atoms with van der Waals surface area (Å²) in [7, 11) is 2.06. The van der Waals surface area contributed by atoms with E-state index in [1.54, 1.807) is 24.5 Å². The number of halogens is 1. The smallest absolute Gasteiger partial charge is 0.166 e. The molecule has 0 aliphatic heterocycles. The molecule has 0 radical (unpaired) electrons. The van der Waals surface area contributed by atoms with Crippen LogP contribution in [0.25, 0.3) is 22.3 Å². The summed E-state index contributed by atoms with van der Waals surface area (Å²) in [6.45, 7) is 0.733. The monoisotopic (exact) mass is 391 g/mol. The molecule has 0 unspecified atom stereocenters. The highest BCUT2D eigenvalue weighted by atomic mass is 19.1. The quantitative estimate of drug-likeness (QED) is 0.500. The molecule has 1 aliphatic rings. The molecule has 3 heterocycles. The molecule has 1 aromatic carbocycles. The Hall–Kier alpha value is -3.32. The maximum absolute atomic E-state index is 13.2. The van der Waals surface area contributed by atoms with Crippen LogP contribution in [0.1, 0.15) is 28.9 Å². The zero-order valence-corrected chi connectivity index (χ0v) is 16.1. The number of aromatic amines is 2. The number of aldehydes is 1. The first-order valence-electron chi connectivity index (χ1n) is 9.52. The number of hydrogen-bond acceptors (Lipinski definition) is 4. The van der Waals surface area contributed by atoms with Gasteiger partial charge in [0.1, 0.15) is 11.5 Å². The fourth-order valence-electron chi connectivity index (χ4n) is 3.18. The molecule has 5 rings (SSSR count). The molecule has 3 aromatic heterocycles. The summed E-state index contributed by atoms with van der Waals surface area (Å²) in [5.74, 6) is -0.0880. The average Bonchev–Trinajstić information content (AvgIpc) is 3.28. The number of nitrogens with one attached hydrogen (secondary N) is 2. The minimum absolute atomic E-state index is 0.0880. The second kappa shape index (κ2) is 8.36. The van der Waals surface area contributed by atoms with E-state index in [1.807, 2.05) is 24.3 Å². The number of rotatable bonds is 5. The molecule has 4 aromatic rings. The van der Waals surface area contributed by atoms with E-state index in [-0.39, 0.29) is 5.82 Å². The van der Waals surface area contributed by atoms with Gasteiger partial charge in [-0.1, -0.05) is 18.2 Å². The van der Waals surface area contributed by atoms with Gasteiger partial charge in [-0.3, -0.25) is 14.8 Å². The average molecular weight is 391 g/mol. The van der Waals surface area contributed by atoms with Crippen LogP contribution in [0.15, 0.2) is 54.9 Å². The maximum atomic E-state index is 13.2. The Morgan fingerprint density at radius 3 is 2.76 bits per heavy atom. The van der Waals surface area contributed by atoms with E-state index < -0.39 is 0 Å². The second-order valence-electron chi connectivity index (χ2n) is 7.20. The number of pyridine rings is 1. The van der Waals surface area contributed by atoms with E-state index in [2.05, 4.69) is 32.1 Å². The van der Waals surface area contributed by atoms with Gasteiger partial charge in [0.25, 0.3) is 0 Å². The van der Waals surface area contributed by atoms with Crippen molar-refractivity contribution in [3.63, 3.8) is 0 Å². The summed E-state index contributed by atoms with van der Waals surface area (Å²) < 4.78 is 13.2. The van der Waals surface area contributed by atoms with Gasteiger partial charge < -0.3 is 4.98 Å². The number of carbonyl (C=O) groups is 1. The van der Waals surface area contributed by atoms with Crippen LogP contribution in [0.3, 0.4) is 0 Å².